The summed E-state index contributed by atoms with van der Waals surface area (Å²) in [6.07, 6.45) is 1.68. The molecular weight excluding hydrogens is 332 g/mol. The number of hydrogen-bond donors (Lipinski definition) is 2. The monoisotopic (exact) mass is 356 g/mol. The number of amides is 1. The zero-order valence-electron chi connectivity index (χ0n) is 14.2. The van der Waals surface area contributed by atoms with Crippen molar-refractivity contribution in [3.63, 3.8) is 0 Å². The van der Waals surface area contributed by atoms with Crippen molar-refractivity contribution in [1.82, 2.24) is 10.0 Å². The maximum absolute atomic E-state index is 12.4. The van der Waals surface area contributed by atoms with Crippen LogP contribution in [0.3, 0.4) is 0 Å². The van der Waals surface area contributed by atoms with Crippen molar-refractivity contribution in [1.29, 1.82) is 0 Å². The number of nitrogens with one attached hydrogen (secondary N) is 2. The fraction of sp³-hybridized carbons (Fsp3) is 0.562. The fourth-order valence-electron chi connectivity index (χ4n) is 2.46. The van der Waals surface area contributed by atoms with E-state index in [1.165, 1.54) is 25.3 Å². The van der Waals surface area contributed by atoms with Crippen LogP contribution >= 0.6 is 0 Å². The average molecular weight is 356 g/mol. The van der Waals surface area contributed by atoms with Crippen molar-refractivity contribution in [2.45, 2.75) is 43.7 Å². The summed E-state index contributed by atoms with van der Waals surface area (Å²) in [5, 5.41) is 2.74. The van der Waals surface area contributed by atoms with Gasteiger partial charge in [-0.3, -0.25) is 4.79 Å². The van der Waals surface area contributed by atoms with Gasteiger partial charge in [0.1, 0.15) is 5.75 Å². The summed E-state index contributed by atoms with van der Waals surface area (Å²) < 4.78 is 38.0. The fourth-order valence-corrected chi connectivity index (χ4v) is 3.56. The lowest BCUT2D eigenvalue weighted by Gasteiger charge is -2.14. The summed E-state index contributed by atoms with van der Waals surface area (Å²) in [5.74, 6) is -0.0516. The second-order valence-electron chi connectivity index (χ2n) is 5.98. The van der Waals surface area contributed by atoms with Gasteiger partial charge < -0.3 is 14.8 Å². The molecule has 1 aliphatic rings. The van der Waals surface area contributed by atoms with Crippen molar-refractivity contribution in [3.05, 3.63) is 23.8 Å². The summed E-state index contributed by atoms with van der Waals surface area (Å²) in [7, 11) is -2.29. The number of methoxy groups -OCH3 is 1. The molecule has 0 saturated carbocycles. The van der Waals surface area contributed by atoms with Gasteiger partial charge >= 0.3 is 0 Å². The molecule has 1 atom stereocenters. The van der Waals surface area contributed by atoms with E-state index < -0.39 is 10.0 Å². The normalized spacial score (nSPS) is 17.9. The molecule has 7 nitrogen and oxygen atoms in total. The summed E-state index contributed by atoms with van der Waals surface area (Å²) in [6, 6.07) is 4.16. The van der Waals surface area contributed by atoms with E-state index in [1.807, 2.05) is 13.8 Å². The lowest BCUT2D eigenvalue weighted by atomic mass is 10.2. The largest absolute Gasteiger partial charge is 0.496 e. The first-order valence-electron chi connectivity index (χ1n) is 7.93. The van der Waals surface area contributed by atoms with Crippen LogP contribution in [0.4, 0.5) is 0 Å². The Kier molecular flexibility index (Phi) is 6.20. The molecule has 0 aromatic heterocycles. The molecule has 0 aliphatic carbocycles. The summed E-state index contributed by atoms with van der Waals surface area (Å²) in [6.45, 7) is 4.54. The Bertz CT molecular complexity index is 682. The minimum atomic E-state index is -3.72. The van der Waals surface area contributed by atoms with E-state index in [0.29, 0.717) is 12.4 Å². The molecule has 1 aromatic rings. The van der Waals surface area contributed by atoms with Gasteiger partial charge in [-0.15, -0.1) is 0 Å². The SMILES string of the molecule is COc1ccc(S(=O)(=O)NCC2CCCO2)cc1C(=O)NC(C)C. The average Bonchev–Trinajstić information content (AvgIpc) is 3.05. The molecular formula is C16H24N2O5S. The Morgan fingerprint density at radius 2 is 2.17 bits per heavy atom. The topological polar surface area (TPSA) is 93.7 Å². The van der Waals surface area contributed by atoms with Gasteiger partial charge in [-0.25, -0.2) is 13.1 Å². The van der Waals surface area contributed by atoms with Crippen molar-refractivity contribution >= 4 is 15.9 Å². The molecule has 1 saturated heterocycles. The van der Waals surface area contributed by atoms with Crippen LogP contribution in [0.2, 0.25) is 0 Å². The van der Waals surface area contributed by atoms with E-state index in [-0.39, 0.29) is 35.1 Å². The van der Waals surface area contributed by atoms with Crippen LogP contribution in [0.15, 0.2) is 23.1 Å². The third-order valence-corrected chi connectivity index (χ3v) is 5.09. The van der Waals surface area contributed by atoms with Crippen LogP contribution in [0.25, 0.3) is 0 Å². The van der Waals surface area contributed by atoms with Crippen LogP contribution in [-0.4, -0.2) is 46.7 Å². The van der Waals surface area contributed by atoms with Gasteiger partial charge in [0.25, 0.3) is 5.91 Å². The standard InChI is InChI=1S/C16H24N2O5S/c1-11(2)18-16(19)14-9-13(6-7-15(14)22-3)24(20,21)17-10-12-5-4-8-23-12/h6-7,9,11-12,17H,4-5,8,10H2,1-3H3,(H,18,19). The molecule has 1 aliphatic heterocycles. The molecule has 1 fully saturated rings. The molecule has 1 unspecified atom stereocenters. The number of hydrogen-bond acceptors (Lipinski definition) is 5. The molecule has 0 bridgehead atoms. The Hall–Kier alpha value is -1.64. The highest BCUT2D eigenvalue weighted by Gasteiger charge is 2.22. The predicted molar refractivity (Wildman–Crippen MR) is 89.8 cm³/mol. The first kappa shape index (κ1) is 18.7. The number of sulfonamides is 1. The minimum absolute atomic E-state index is 0.0233. The highest BCUT2D eigenvalue weighted by Crippen LogP contribution is 2.23. The molecule has 0 radical (unpaired) electrons. The van der Waals surface area contributed by atoms with E-state index >= 15 is 0 Å². The van der Waals surface area contributed by atoms with Gasteiger partial charge in [-0.2, -0.15) is 0 Å². The third kappa shape index (κ3) is 4.68. The first-order chi connectivity index (χ1) is 11.3. The van der Waals surface area contributed by atoms with E-state index in [0.717, 1.165) is 12.8 Å². The van der Waals surface area contributed by atoms with Crippen molar-refractivity contribution in [2.24, 2.45) is 0 Å². The first-order valence-corrected chi connectivity index (χ1v) is 9.42. The summed E-state index contributed by atoms with van der Waals surface area (Å²) in [4.78, 5) is 12.3. The molecule has 1 heterocycles. The Balaban J connectivity index is 2.20. The van der Waals surface area contributed by atoms with Crippen LogP contribution < -0.4 is 14.8 Å². The minimum Gasteiger partial charge on any atom is -0.496 e. The maximum Gasteiger partial charge on any atom is 0.255 e. The Morgan fingerprint density at radius 3 is 2.75 bits per heavy atom. The predicted octanol–water partition coefficient (Wildman–Crippen LogP) is 1.29. The Morgan fingerprint density at radius 1 is 1.42 bits per heavy atom. The molecule has 0 spiro atoms. The lowest BCUT2D eigenvalue weighted by Crippen LogP contribution is -2.33. The number of ether oxygens (including phenoxy) is 2. The van der Waals surface area contributed by atoms with Crippen molar-refractivity contribution in [2.75, 3.05) is 20.3 Å². The zero-order chi connectivity index (χ0) is 17.7. The smallest absolute Gasteiger partial charge is 0.255 e. The molecule has 8 heteroatoms. The van der Waals surface area contributed by atoms with E-state index in [4.69, 9.17) is 9.47 Å². The maximum atomic E-state index is 12.4. The molecule has 134 valence electrons. The highest BCUT2D eigenvalue weighted by molar-refractivity contribution is 7.89. The Labute approximate surface area is 142 Å². The molecule has 1 aromatic carbocycles. The second-order valence-corrected chi connectivity index (χ2v) is 7.74. The van der Waals surface area contributed by atoms with Gasteiger partial charge in [0.2, 0.25) is 10.0 Å². The number of carbonyl (C=O) groups excluding carboxylic acids is 1. The third-order valence-electron chi connectivity index (χ3n) is 3.67. The van der Waals surface area contributed by atoms with Crippen LogP contribution in [-0.2, 0) is 14.8 Å². The quantitative estimate of drug-likeness (QED) is 0.768. The van der Waals surface area contributed by atoms with Crippen LogP contribution in [0.5, 0.6) is 5.75 Å². The number of benzene rings is 1. The van der Waals surface area contributed by atoms with E-state index in [1.54, 1.807) is 0 Å². The van der Waals surface area contributed by atoms with Crippen molar-refractivity contribution in [3.8, 4) is 5.75 Å². The van der Waals surface area contributed by atoms with Gasteiger partial charge in [0.05, 0.1) is 23.7 Å². The highest BCUT2D eigenvalue weighted by atomic mass is 32.2. The molecule has 24 heavy (non-hydrogen) atoms. The lowest BCUT2D eigenvalue weighted by molar-refractivity contribution is 0.0939. The van der Waals surface area contributed by atoms with E-state index in [9.17, 15) is 13.2 Å². The summed E-state index contributed by atoms with van der Waals surface area (Å²) in [5.41, 5.74) is 0.186. The van der Waals surface area contributed by atoms with Crippen LogP contribution in [0.1, 0.15) is 37.0 Å². The van der Waals surface area contributed by atoms with Gasteiger partial charge in [0, 0.05) is 19.2 Å². The molecule has 2 rings (SSSR count). The molecule has 1 amide bonds. The van der Waals surface area contributed by atoms with Gasteiger partial charge in [-0.1, -0.05) is 0 Å². The van der Waals surface area contributed by atoms with Gasteiger partial charge in [-0.05, 0) is 44.9 Å². The second kappa shape index (κ2) is 7.96. The zero-order valence-corrected chi connectivity index (χ0v) is 15.0. The number of rotatable bonds is 7. The summed E-state index contributed by atoms with van der Waals surface area (Å²) >= 11 is 0. The van der Waals surface area contributed by atoms with Gasteiger partial charge in [0.15, 0.2) is 0 Å². The molecule has 2 N–H and O–H groups in total. The number of carbonyl (C=O) groups is 1. The van der Waals surface area contributed by atoms with Crippen molar-refractivity contribution < 1.29 is 22.7 Å². The van der Waals surface area contributed by atoms with Crippen LogP contribution in [0, 0.1) is 0 Å². The van der Waals surface area contributed by atoms with E-state index in [2.05, 4.69) is 10.0 Å².